The highest BCUT2D eigenvalue weighted by Gasteiger charge is 2.33. The lowest BCUT2D eigenvalue weighted by Crippen LogP contribution is -2.47. The van der Waals surface area contributed by atoms with Crippen LogP contribution < -0.4 is 15.4 Å². The Balaban J connectivity index is 0.000000283. The molecular formula is C30H37Cl2N7O2S. The molecule has 2 atom stereocenters. The number of aromatic nitrogens is 2. The molecular weight excluding hydrogens is 593 g/mol. The molecule has 2 N–H and O–H groups in total. The summed E-state index contributed by atoms with van der Waals surface area (Å²) >= 11 is 13.7. The normalized spacial score (nSPS) is 18.4. The molecule has 1 fully saturated rings. The molecule has 224 valence electrons. The molecule has 1 amide bonds. The van der Waals surface area contributed by atoms with Crippen LogP contribution in [0.4, 0.5) is 0 Å². The molecule has 1 aromatic heterocycles. The summed E-state index contributed by atoms with van der Waals surface area (Å²) in [5.41, 5.74) is 2.88. The van der Waals surface area contributed by atoms with E-state index in [1.165, 1.54) is 11.8 Å². The van der Waals surface area contributed by atoms with Gasteiger partial charge in [-0.15, -0.1) is 0 Å². The third-order valence-electron chi connectivity index (χ3n) is 6.83. The highest BCUT2D eigenvalue weighted by atomic mass is 35.5. The van der Waals surface area contributed by atoms with Crippen LogP contribution in [-0.2, 0) is 4.79 Å². The molecule has 9 nitrogen and oxygen atoms in total. The van der Waals surface area contributed by atoms with Crippen molar-refractivity contribution >= 4 is 46.7 Å². The van der Waals surface area contributed by atoms with Crippen molar-refractivity contribution in [2.24, 2.45) is 4.99 Å². The van der Waals surface area contributed by atoms with E-state index in [4.69, 9.17) is 32.9 Å². The van der Waals surface area contributed by atoms with Crippen LogP contribution in [0.15, 0.2) is 64.9 Å². The van der Waals surface area contributed by atoms with E-state index in [1.807, 2.05) is 61.7 Å². The monoisotopic (exact) mass is 629 g/mol. The third-order valence-corrected chi connectivity index (χ3v) is 7.90. The van der Waals surface area contributed by atoms with Gasteiger partial charge in [-0.3, -0.25) is 14.7 Å². The van der Waals surface area contributed by atoms with Crippen molar-refractivity contribution < 1.29 is 9.53 Å². The fourth-order valence-corrected chi connectivity index (χ4v) is 5.13. The predicted molar refractivity (Wildman–Crippen MR) is 171 cm³/mol. The van der Waals surface area contributed by atoms with E-state index in [-0.39, 0.29) is 18.0 Å². The number of amides is 1. The minimum atomic E-state index is -0.145. The number of nitrogens with zero attached hydrogens (tertiary/aromatic N) is 5. The number of hydrogen-bond donors (Lipinski definition) is 2. The minimum Gasteiger partial charge on any atom is -0.477 e. The molecule has 0 radical (unpaired) electrons. The lowest BCUT2D eigenvalue weighted by molar-refractivity contribution is -0.130. The quantitative estimate of drug-likeness (QED) is 0.273. The van der Waals surface area contributed by atoms with Crippen LogP contribution >= 0.6 is 35.0 Å². The summed E-state index contributed by atoms with van der Waals surface area (Å²) in [6.07, 6.45) is 3.70. The summed E-state index contributed by atoms with van der Waals surface area (Å²) in [4.78, 5) is 29.0. The van der Waals surface area contributed by atoms with Crippen LogP contribution in [0.5, 0.6) is 5.88 Å². The summed E-state index contributed by atoms with van der Waals surface area (Å²) in [6, 6.07) is 15.3. The van der Waals surface area contributed by atoms with Crippen LogP contribution in [0, 0.1) is 0 Å². The van der Waals surface area contributed by atoms with E-state index in [9.17, 15) is 4.79 Å². The second-order valence-electron chi connectivity index (χ2n) is 9.97. The molecule has 12 heteroatoms. The first-order chi connectivity index (χ1) is 20.3. The van der Waals surface area contributed by atoms with Crippen LogP contribution in [0.25, 0.3) is 0 Å². The molecule has 0 saturated carbocycles. The number of halogens is 2. The zero-order chi connectivity index (χ0) is 30.1. The molecule has 2 aromatic carbocycles. The van der Waals surface area contributed by atoms with Gasteiger partial charge in [-0.1, -0.05) is 59.2 Å². The molecule has 0 aliphatic carbocycles. The molecule has 0 bridgehead atoms. The van der Waals surface area contributed by atoms with Crippen molar-refractivity contribution in [3.05, 3.63) is 81.5 Å². The van der Waals surface area contributed by atoms with Gasteiger partial charge >= 0.3 is 0 Å². The number of amidine groups is 1. The van der Waals surface area contributed by atoms with E-state index in [1.54, 1.807) is 25.2 Å². The van der Waals surface area contributed by atoms with Crippen LogP contribution in [-0.4, -0.2) is 91.2 Å². The van der Waals surface area contributed by atoms with Crippen LogP contribution in [0.3, 0.4) is 0 Å². The molecule has 3 heterocycles. The summed E-state index contributed by atoms with van der Waals surface area (Å²) < 4.78 is 5.79. The summed E-state index contributed by atoms with van der Waals surface area (Å²) in [6.45, 7) is 6.98. The number of carbonyl (C=O) groups is 1. The number of rotatable bonds is 8. The van der Waals surface area contributed by atoms with E-state index in [0.29, 0.717) is 40.1 Å². The SMILES string of the molecule is CCOc1nc(SC)ncc1C1=NC(c2ccc(Cl)cc2)C(c2ccc(Cl)cc2)N1.CN(C)C(=O)CN1CCNCC1. The first kappa shape index (κ1) is 32.0. The Kier molecular flexibility index (Phi) is 11.9. The Morgan fingerprint density at radius 2 is 1.67 bits per heavy atom. The Labute approximate surface area is 262 Å². The molecule has 2 unspecified atom stereocenters. The van der Waals surface area contributed by atoms with Crippen molar-refractivity contribution in [1.82, 2.24) is 30.4 Å². The van der Waals surface area contributed by atoms with Gasteiger partial charge in [-0.25, -0.2) is 4.98 Å². The molecule has 5 rings (SSSR count). The molecule has 42 heavy (non-hydrogen) atoms. The van der Waals surface area contributed by atoms with Gasteiger partial charge in [0.05, 0.1) is 24.8 Å². The fraction of sp³-hybridized carbons (Fsp3) is 0.400. The van der Waals surface area contributed by atoms with Gasteiger partial charge < -0.3 is 20.3 Å². The van der Waals surface area contributed by atoms with Gasteiger partial charge in [-0.05, 0) is 48.6 Å². The lowest BCUT2D eigenvalue weighted by Gasteiger charge is -2.27. The molecule has 0 spiro atoms. The maximum absolute atomic E-state index is 11.3. The largest absolute Gasteiger partial charge is 0.477 e. The maximum Gasteiger partial charge on any atom is 0.236 e. The van der Waals surface area contributed by atoms with Crippen LogP contribution in [0.1, 0.15) is 35.7 Å². The fourth-order valence-electron chi connectivity index (χ4n) is 4.55. The van der Waals surface area contributed by atoms with E-state index in [2.05, 4.69) is 25.5 Å². The second-order valence-corrected chi connectivity index (χ2v) is 11.6. The number of likely N-dealkylation sites (N-methyl/N-ethyl adjacent to an activating group) is 1. The minimum absolute atomic E-state index is 0.0758. The molecule has 2 aliphatic rings. The Bertz CT molecular complexity index is 1350. The Hall–Kier alpha value is -2.89. The van der Waals surface area contributed by atoms with Crippen molar-refractivity contribution in [3.63, 3.8) is 0 Å². The Morgan fingerprint density at radius 3 is 2.24 bits per heavy atom. The second kappa shape index (κ2) is 15.5. The zero-order valence-corrected chi connectivity index (χ0v) is 26.6. The number of hydrogen-bond acceptors (Lipinski definition) is 9. The maximum atomic E-state index is 11.3. The van der Waals surface area contributed by atoms with Crippen molar-refractivity contribution in [1.29, 1.82) is 0 Å². The molecule has 2 aliphatic heterocycles. The standard InChI is InChI=1S/C22H20Cl2N4OS.C8H17N3O/c1-3-29-21-17(12-25-22(28-21)30-2)20-26-18(13-4-8-15(23)9-5-13)19(27-20)14-6-10-16(24)11-7-14;1-10(2)8(12)7-11-5-3-9-4-6-11/h4-12,18-19H,3H2,1-2H3,(H,26,27);9H,3-7H2,1-2H3. The third kappa shape index (κ3) is 8.58. The van der Waals surface area contributed by atoms with E-state index in [0.717, 1.165) is 42.9 Å². The molecule has 1 saturated heterocycles. The number of thioether (sulfide) groups is 1. The van der Waals surface area contributed by atoms with Gasteiger partial charge in [0.25, 0.3) is 0 Å². The Morgan fingerprint density at radius 1 is 1.05 bits per heavy atom. The average Bonchev–Trinajstić information content (AvgIpc) is 3.44. The molecule has 3 aromatic rings. The lowest BCUT2D eigenvalue weighted by atomic mass is 9.95. The summed E-state index contributed by atoms with van der Waals surface area (Å²) in [5.74, 6) is 1.41. The summed E-state index contributed by atoms with van der Waals surface area (Å²) in [5, 5.41) is 8.84. The topological polar surface area (TPSA) is 95.0 Å². The zero-order valence-electron chi connectivity index (χ0n) is 24.3. The number of nitrogens with one attached hydrogen (secondary N) is 2. The van der Waals surface area contributed by atoms with Gasteiger partial charge in [0.1, 0.15) is 11.9 Å². The highest BCUT2D eigenvalue weighted by molar-refractivity contribution is 7.98. The summed E-state index contributed by atoms with van der Waals surface area (Å²) in [7, 11) is 3.59. The number of carbonyl (C=O) groups excluding carboxylic acids is 1. The van der Waals surface area contributed by atoms with Gasteiger partial charge in [0.15, 0.2) is 5.16 Å². The average molecular weight is 631 g/mol. The van der Waals surface area contributed by atoms with Gasteiger partial charge in [-0.2, -0.15) is 4.98 Å². The number of ether oxygens (including phenoxy) is 1. The van der Waals surface area contributed by atoms with Crippen molar-refractivity contribution in [2.75, 3.05) is 59.7 Å². The smallest absolute Gasteiger partial charge is 0.236 e. The van der Waals surface area contributed by atoms with Crippen molar-refractivity contribution in [2.45, 2.75) is 24.2 Å². The number of piperazine rings is 1. The van der Waals surface area contributed by atoms with Crippen molar-refractivity contribution in [3.8, 4) is 5.88 Å². The van der Waals surface area contributed by atoms with Gasteiger partial charge in [0.2, 0.25) is 11.8 Å². The highest BCUT2D eigenvalue weighted by Crippen LogP contribution is 2.38. The first-order valence-electron chi connectivity index (χ1n) is 13.8. The van der Waals surface area contributed by atoms with E-state index < -0.39 is 0 Å². The predicted octanol–water partition coefficient (Wildman–Crippen LogP) is 4.72. The van der Waals surface area contributed by atoms with E-state index >= 15 is 0 Å². The number of benzene rings is 2. The first-order valence-corrected chi connectivity index (χ1v) is 15.8. The van der Waals surface area contributed by atoms with Crippen LogP contribution in [0.2, 0.25) is 10.0 Å². The van der Waals surface area contributed by atoms with Gasteiger partial charge in [0, 0.05) is 56.5 Å². The number of aliphatic imine (C=N–C) groups is 1.